The van der Waals surface area contributed by atoms with Crippen LogP contribution in [-0.2, 0) is 0 Å². The molecule has 0 aliphatic carbocycles. The van der Waals surface area contributed by atoms with E-state index in [9.17, 15) is 5.11 Å². The van der Waals surface area contributed by atoms with Crippen molar-refractivity contribution in [2.75, 3.05) is 32.8 Å². The van der Waals surface area contributed by atoms with Crippen LogP contribution in [-0.4, -0.2) is 42.8 Å². The van der Waals surface area contributed by atoms with Crippen LogP contribution in [0.5, 0.6) is 0 Å². The van der Waals surface area contributed by atoms with Gasteiger partial charge in [0.05, 0.1) is 12.6 Å². The average molecular weight is 241 g/mol. The van der Waals surface area contributed by atoms with Gasteiger partial charge in [-0.05, 0) is 17.7 Å². The molecule has 0 unspecified atom stereocenters. The topological polar surface area (TPSA) is 35.5 Å². The van der Waals surface area contributed by atoms with E-state index in [1.807, 2.05) is 24.3 Å². The average Bonchev–Trinajstić information content (AvgIpc) is 2.31. The van der Waals surface area contributed by atoms with E-state index in [1.165, 1.54) is 0 Å². The lowest BCUT2D eigenvalue weighted by Gasteiger charge is -2.34. The number of hydrogen-bond donors (Lipinski definition) is 2. The van der Waals surface area contributed by atoms with Crippen molar-refractivity contribution in [1.29, 1.82) is 0 Å². The molecular weight excluding hydrogens is 224 g/mol. The minimum absolute atomic E-state index is 0.0702. The van der Waals surface area contributed by atoms with E-state index in [-0.39, 0.29) is 12.6 Å². The van der Waals surface area contributed by atoms with Crippen molar-refractivity contribution < 1.29 is 5.11 Å². The van der Waals surface area contributed by atoms with Crippen molar-refractivity contribution in [3.63, 3.8) is 0 Å². The second-order valence-corrected chi connectivity index (χ2v) is 4.48. The van der Waals surface area contributed by atoms with Crippen LogP contribution in [0, 0.1) is 0 Å². The predicted octanol–water partition coefficient (Wildman–Crippen LogP) is 1.28. The van der Waals surface area contributed by atoms with E-state index in [1.54, 1.807) is 0 Å². The standard InChI is InChI=1S/C12H17ClN2O/c13-11-3-1-2-10(8-11)12(9-16)15-6-4-14-5-7-15/h1-3,8,12,14,16H,4-7,9H2/t12-/m0/s1. The smallest absolute Gasteiger partial charge is 0.0628 e. The third-order valence-corrected chi connectivity index (χ3v) is 3.23. The summed E-state index contributed by atoms with van der Waals surface area (Å²) in [7, 11) is 0. The first-order valence-corrected chi connectivity index (χ1v) is 6.00. The number of aliphatic hydroxyl groups excluding tert-OH is 1. The highest BCUT2D eigenvalue weighted by molar-refractivity contribution is 6.30. The maximum Gasteiger partial charge on any atom is 0.0628 e. The van der Waals surface area contributed by atoms with Gasteiger partial charge in [0, 0.05) is 31.2 Å². The Labute approximate surface area is 101 Å². The van der Waals surface area contributed by atoms with Crippen LogP contribution in [0.3, 0.4) is 0 Å². The highest BCUT2D eigenvalue weighted by atomic mass is 35.5. The number of nitrogens with one attached hydrogen (secondary N) is 1. The lowest BCUT2D eigenvalue weighted by atomic mass is 10.1. The molecule has 2 rings (SSSR count). The molecule has 1 heterocycles. The second-order valence-electron chi connectivity index (χ2n) is 4.04. The molecule has 3 nitrogen and oxygen atoms in total. The lowest BCUT2D eigenvalue weighted by Crippen LogP contribution is -2.46. The summed E-state index contributed by atoms with van der Waals surface area (Å²) in [4.78, 5) is 2.29. The molecule has 0 aromatic heterocycles. The van der Waals surface area contributed by atoms with Crippen molar-refractivity contribution in [1.82, 2.24) is 10.2 Å². The number of aliphatic hydroxyl groups is 1. The van der Waals surface area contributed by atoms with Gasteiger partial charge < -0.3 is 10.4 Å². The molecule has 1 aromatic rings. The quantitative estimate of drug-likeness (QED) is 0.836. The Kier molecular flexibility index (Phi) is 4.18. The first-order chi connectivity index (χ1) is 7.81. The fourth-order valence-corrected chi connectivity index (χ4v) is 2.34. The maximum atomic E-state index is 9.52. The number of nitrogens with zero attached hydrogens (tertiary/aromatic N) is 1. The zero-order valence-corrected chi connectivity index (χ0v) is 9.95. The Morgan fingerprint density at radius 1 is 1.38 bits per heavy atom. The van der Waals surface area contributed by atoms with E-state index in [0.717, 1.165) is 36.8 Å². The molecule has 0 saturated carbocycles. The minimum Gasteiger partial charge on any atom is -0.394 e. The Morgan fingerprint density at radius 2 is 2.12 bits per heavy atom. The molecule has 0 bridgehead atoms. The molecule has 16 heavy (non-hydrogen) atoms. The summed E-state index contributed by atoms with van der Waals surface area (Å²) in [6, 6.07) is 7.82. The van der Waals surface area contributed by atoms with Crippen molar-refractivity contribution >= 4 is 11.6 Å². The fourth-order valence-electron chi connectivity index (χ4n) is 2.14. The van der Waals surface area contributed by atoms with Crippen LogP contribution in [0.1, 0.15) is 11.6 Å². The predicted molar refractivity (Wildman–Crippen MR) is 65.7 cm³/mol. The molecule has 0 radical (unpaired) electrons. The number of piperazine rings is 1. The van der Waals surface area contributed by atoms with E-state index in [4.69, 9.17) is 11.6 Å². The molecule has 1 fully saturated rings. The van der Waals surface area contributed by atoms with E-state index in [2.05, 4.69) is 10.2 Å². The van der Waals surface area contributed by atoms with Gasteiger partial charge in [-0.25, -0.2) is 0 Å². The SMILES string of the molecule is OC[C@@H](c1cccc(Cl)c1)N1CCNCC1. The fraction of sp³-hybridized carbons (Fsp3) is 0.500. The summed E-state index contributed by atoms with van der Waals surface area (Å²) in [6.45, 7) is 4.05. The van der Waals surface area contributed by atoms with Crippen LogP contribution in [0.2, 0.25) is 5.02 Å². The van der Waals surface area contributed by atoms with Gasteiger partial charge in [-0.3, -0.25) is 4.90 Å². The number of rotatable bonds is 3. The molecule has 0 spiro atoms. The van der Waals surface area contributed by atoms with Crippen molar-refractivity contribution in [3.8, 4) is 0 Å². The first kappa shape index (κ1) is 11.9. The van der Waals surface area contributed by atoms with E-state index < -0.39 is 0 Å². The van der Waals surface area contributed by atoms with Gasteiger partial charge in [0.25, 0.3) is 0 Å². The molecule has 1 aliphatic heterocycles. The summed E-state index contributed by atoms with van der Waals surface area (Å²) in [5.41, 5.74) is 1.09. The Bertz CT molecular complexity index is 340. The number of hydrogen-bond acceptors (Lipinski definition) is 3. The van der Waals surface area contributed by atoms with Gasteiger partial charge in [-0.1, -0.05) is 23.7 Å². The van der Waals surface area contributed by atoms with Crippen LogP contribution in [0.25, 0.3) is 0 Å². The molecule has 1 aliphatic rings. The van der Waals surface area contributed by atoms with Gasteiger partial charge >= 0.3 is 0 Å². The van der Waals surface area contributed by atoms with Crippen LogP contribution >= 0.6 is 11.6 Å². The Balaban J connectivity index is 2.14. The van der Waals surface area contributed by atoms with E-state index in [0.29, 0.717) is 0 Å². The monoisotopic (exact) mass is 240 g/mol. The van der Waals surface area contributed by atoms with Crippen LogP contribution in [0.15, 0.2) is 24.3 Å². The van der Waals surface area contributed by atoms with Crippen molar-refractivity contribution in [2.24, 2.45) is 0 Å². The Hall–Kier alpha value is -0.610. The summed E-state index contributed by atoms with van der Waals surface area (Å²) in [5.74, 6) is 0. The third-order valence-electron chi connectivity index (χ3n) is 3.00. The zero-order chi connectivity index (χ0) is 11.4. The van der Waals surface area contributed by atoms with Gasteiger partial charge in [0.15, 0.2) is 0 Å². The highest BCUT2D eigenvalue weighted by Gasteiger charge is 2.21. The van der Waals surface area contributed by atoms with Crippen LogP contribution < -0.4 is 5.32 Å². The summed E-state index contributed by atoms with van der Waals surface area (Å²) < 4.78 is 0. The zero-order valence-electron chi connectivity index (χ0n) is 9.19. The maximum absolute atomic E-state index is 9.52. The lowest BCUT2D eigenvalue weighted by molar-refractivity contribution is 0.111. The molecule has 2 N–H and O–H groups in total. The molecule has 1 saturated heterocycles. The van der Waals surface area contributed by atoms with Crippen LogP contribution in [0.4, 0.5) is 0 Å². The summed E-state index contributed by atoms with van der Waals surface area (Å²) in [5, 5.41) is 13.6. The number of halogens is 1. The summed E-state index contributed by atoms with van der Waals surface area (Å²) in [6.07, 6.45) is 0. The number of benzene rings is 1. The minimum atomic E-state index is 0.0702. The molecule has 88 valence electrons. The summed E-state index contributed by atoms with van der Waals surface area (Å²) >= 11 is 5.97. The normalized spacial score (nSPS) is 19.6. The van der Waals surface area contributed by atoms with Crippen molar-refractivity contribution in [3.05, 3.63) is 34.9 Å². The Morgan fingerprint density at radius 3 is 2.75 bits per heavy atom. The van der Waals surface area contributed by atoms with Gasteiger partial charge in [0.2, 0.25) is 0 Å². The molecule has 4 heteroatoms. The van der Waals surface area contributed by atoms with Gasteiger partial charge in [-0.2, -0.15) is 0 Å². The molecular formula is C12H17ClN2O. The van der Waals surface area contributed by atoms with Gasteiger partial charge in [-0.15, -0.1) is 0 Å². The highest BCUT2D eigenvalue weighted by Crippen LogP contribution is 2.23. The van der Waals surface area contributed by atoms with E-state index >= 15 is 0 Å². The second kappa shape index (κ2) is 5.64. The first-order valence-electron chi connectivity index (χ1n) is 5.62. The molecule has 0 amide bonds. The van der Waals surface area contributed by atoms with Crippen molar-refractivity contribution in [2.45, 2.75) is 6.04 Å². The largest absolute Gasteiger partial charge is 0.394 e. The van der Waals surface area contributed by atoms with Gasteiger partial charge in [0.1, 0.15) is 0 Å². The molecule has 1 atom stereocenters. The molecule has 1 aromatic carbocycles. The third kappa shape index (κ3) is 2.74.